The first kappa shape index (κ1) is 12.2. The van der Waals surface area contributed by atoms with Crippen molar-refractivity contribution in [3.05, 3.63) is 44.2 Å². The highest BCUT2D eigenvalue weighted by Gasteiger charge is 2.21. The maximum absolute atomic E-state index is 4.57. The molecule has 1 unspecified atom stereocenters. The van der Waals surface area contributed by atoms with Gasteiger partial charge in [-0.15, -0.1) is 11.3 Å². The van der Waals surface area contributed by atoms with E-state index in [9.17, 15) is 0 Å². The van der Waals surface area contributed by atoms with Crippen LogP contribution in [-0.4, -0.2) is 4.98 Å². The summed E-state index contributed by atoms with van der Waals surface area (Å²) < 4.78 is 1.06. The molecule has 3 rings (SSSR count). The molecule has 1 atom stereocenters. The van der Waals surface area contributed by atoms with Crippen LogP contribution in [0, 0.1) is 6.92 Å². The van der Waals surface area contributed by atoms with Gasteiger partial charge in [0.05, 0.1) is 11.7 Å². The summed E-state index contributed by atoms with van der Waals surface area (Å²) in [7, 11) is 0. The SMILES string of the molecule is Cc1nc(NC2CCCc3sccc32)ccc1Br. The lowest BCUT2D eigenvalue weighted by atomic mass is 9.94. The van der Waals surface area contributed by atoms with Gasteiger partial charge in [-0.2, -0.15) is 0 Å². The Morgan fingerprint density at radius 3 is 3.11 bits per heavy atom. The lowest BCUT2D eigenvalue weighted by Crippen LogP contribution is -2.16. The Hall–Kier alpha value is -0.870. The van der Waals surface area contributed by atoms with Gasteiger partial charge in [-0.25, -0.2) is 4.98 Å². The third-order valence-corrected chi connectivity index (χ3v) is 5.23. The molecule has 1 aliphatic carbocycles. The van der Waals surface area contributed by atoms with Gasteiger partial charge < -0.3 is 5.32 Å². The number of hydrogen-bond acceptors (Lipinski definition) is 3. The second kappa shape index (κ2) is 5.02. The second-order valence-corrected chi connectivity index (χ2v) is 6.51. The quantitative estimate of drug-likeness (QED) is 0.866. The topological polar surface area (TPSA) is 24.9 Å². The van der Waals surface area contributed by atoms with E-state index in [1.807, 2.05) is 24.3 Å². The molecule has 4 heteroatoms. The summed E-state index contributed by atoms with van der Waals surface area (Å²) >= 11 is 5.36. The molecule has 0 bridgehead atoms. The second-order valence-electron chi connectivity index (χ2n) is 4.65. The molecule has 0 fully saturated rings. The Morgan fingerprint density at radius 1 is 1.39 bits per heavy atom. The monoisotopic (exact) mass is 322 g/mol. The normalized spacial score (nSPS) is 18.4. The molecule has 0 spiro atoms. The minimum absolute atomic E-state index is 0.424. The van der Waals surface area contributed by atoms with Gasteiger partial charge in [0.1, 0.15) is 5.82 Å². The molecule has 2 nitrogen and oxygen atoms in total. The fourth-order valence-corrected chi connectivity index (χ4v) is 3.65. The van der Waals surface area contributed by atoms with E-state index in [1.165, 1.54) is 29.7 Å². The predicted molar refractivity (Wildman–Crippen MR) is 80.3 cm³/mol. The predicted octanol–water partition coefficient (Wildman–Crippen LogP) is 4.70. The molecule has 0 aliphatic heterocycles. The molecule has 0 saturated carbocycles. The minimum Gasteiger partial charge on any atom is -0.363 e. The summed E-state index contributed by atoms with van der Waals surface area (Å²) in [4.78, 5) is 6.10. The van der Waals surface area contributed by atoms with Crippen LogP contribution in [0.15, 0.2) is 28.1 Å². The highest BCUT2D eigenvalue weighted by atomic mass is 79.9. The third kappa shape index (κ3) is 2.31. The zero-order valence-electron chi connectivity index (χ0n) is 10.2. The Kier molecular flexibility index (Phi) is 3.39. The van der Waals surface area contributed by atoms with E-state index in [4.69, 9.17) is 0 Å². The van der Waals surface area contributed by atoms with Gasteiger partial charge in [-0.1, -0.05) is 0 Å². The van der Waals surface area contributed by atoms with Gasteiger partial charge in [-0.05, 0) is 71.3 Å². The van der Waals surface area contributed by atoms with Gasteiger partial charge in [-0.3, -0.25) is 0 Å². The molecule has 18 heavy (non-hydrogen) atoms. The molecule has 2 aromatic rings. The standard InChI is InChI=1S/C14H15BrN2S/c1-9-11(15)5-6-14(16-9)17-12-3-2-4-13-10(12)7-8-18-13/h5-8,12H,2-4H2,1H3,(H,16,17). The first-order valence-electron chi connectivity index (χ1n) is 6.20. The average Bonchev–Trinajstić information content (AvgIpc) is 2.83. The summed E-state index contributed by atoms with van der Waals surface area (Å²) in [5, 5.41) is 5.77. The smallest absolute Gasteiger partial charge is 0.126 e. The van der Waals surface area contributed by atoms with E-state index < -0.39 is 0 Å². The van der Waals surface area contributed by atoms with Gasteiger partial charge in [0, 0.05) is 9.35 Å². The maximum atomic E-state index is 4.57. The summed E-state index contributed by atoms with van der Waals surface area (Å²) in [5.74, 6) is 0.972. The number of nitrogens with zero attached hydrogens (tertiary/aromatic N) is 1. The Labute approximate surface area is 120 Å². The lowest BCUT2D eigenvalue weighted by Gasteiger charge is -2.24. The molecule has 0 amide bonds. The van der Waals surface area contributed by atoms with Crippen molar-refractivity contribution in [2.24, 2.45) is 0 Å². The molecule has 1 N–H and O–H groups in total. The highest BCUT2D eigenvalue weighted by Crippen LogP contribution is 2.35. The fourth-order valence-electron chi connectivity index (χ4n) is 2.44. The largest absolute Gasteiger partial charge is 0.363 e. The van der Waals surface area contributed by atoms with Crippen molar-refractivity contribution >= 4 is 33.1 Å². The summed E-state index contributed by atoms with van der Waals surface area (Å²) in [6.45, 7) is 2.02. The van der Waals surface area contributed by atoms with Crippen LogP contribution >= 0.6 is 27.3 Å². The van der Waals surface area contributed by atoms with Crippen molar-refractivity contribution in [1.82, 2.24) is 4.98 Å². The summed E-state index contributed by atoms with van der Waals surface area (Å²) in [5.41, 5.74) is 2.50. The number of nitrogens with one attached hydrogen (secondary N) is 1. The summed E-state index contributed by atoms with van der Waals surface area (Å²) in [6.07, 6.45) is 3.69. The molecule has 0 saturated heterocycles. The van der Waals surface area contributed by atoms with Crippen molar-refractivity contribution in [2.75, 3.05) is 5.32 Å². The number of pyridine rings is 1. The molecule has 2 aromatic heterocycles. The van der Waals surface area contributed by atoms with E-state index in [2.05, 4.69) is 43.7 Å². The van der Waals surface area contributed by atoms with Crippen LogP contribution in [0.4, 0.5) is 5.82 Å². The third-order valence-electron chi connectivity index (χ3n) is 3.40. The van der Waals surface area contributed by atoms with Gasteiger partial charge in [0.2, 0.25) is 0 Å². The van der Waals surface area contributed by atoms with E-state index in [1.54, 1.807) is 0 Å². The number of fused-ring (bicyclic) bond motifs is 1. The highest BCUT2D eigenvalue weighted by molar-refractivity contribution is 9.10. The van der Waals surface area contributed by atoms with E-state index in [0.29, 0.717) is 6.04 Å². The number of thiophene rings is 1. The van der Waals surface area contributed by atoms with E-state index >= 15 is 0 Å². The number of rotatable bonds is 2. The molecule has 2 heterocycles. The summed E-state index contributed by atoms with van der Waals surface area (Å²) in [6, 6.07) is 6.77. The number of hydrogen-bond donors (Lipinski definition) is 1. The lowest BCUT2D eigenvalue weighted by molar-refractivity contribution is 0.607. The maximum Gasteiger partial charge on any atom is 0.126 e. The van der Waals surface area contributed by atoms with Crippen molar-refractivity contribution in [1.29, 1.82) is 0 Å². The zero-order chi connectivity index (χ0) is 12.5. The van der Waals surface area contributed by atoms with Gasteiger partial charge in [0.25, 0.3) is 0 Å². The Morgan fingerprint density at radius 2 is 2.28 bits per heavy atom. The van der Waals surface area contributed by atoms with E-state index in [0.717, 1.165) is 16.0 Å². The molecule has 0 aromatic carbocycles. The van der Waals surface area contributed by atoms with Crippen molar-refractivity contribution < 1.29 is 0 Å². The number of anilines is 1. The Bertz CT molecular complexity index is 565. The Balaban J connectivity index is 1.84. The molecular formula is C14H15BrN2S. The number of aromatic nitrogens is 1. The van der Waals surface area contributed by atoms with Crippen LogP contribution in [0.3, 0.4) is 0 Å². The fraction of sp³-hybridized carbons (Fsp3) is 0.357. The average molecular weight is 323 g/mol. The van der Waals surface area contributed by atoms with Crippen LogP contribution in [0.5, 0.6) is 0 Å². The van der Waals surface area contributed by atoms with Crippen LogP contribution in [-0.2, 0) is 6.42 Å². The van der Waals surface area contributed by atoms with Gasteiger partial charge in [0.15, 0.2) is 0 Å². The van der Waals surface area contributed by atoms with Crippen molar-refractivity contribution in [2.45, 2.75) is 32.2 Å². The first-order chi connectivity index (χ1) is 8.74. The van der Waals surface area contributed by atoms with E-state index in [-0.39, 0.29) is 0 Å². The van der Waals surface area contributed by atoms with Crippen LogP contribution in [0.25, 0.3) is 0 Å². The van der Waals surface area contributed by atoms with Crippen molar-refractivity contribution in [3.63, 3.8) is 0 Å². The van der Waals surface area contributed by atoms with Gasteiger partial charge >= 0.3 is 0 Å². The first-order valence-corrected chi connectivity index (χ1v) is 7.87. The molecule has 94 valence electrons. The number of aryl methyl sites for hydroxylation is 2. The molecule has 0 radical (unpaired) electrons. The van der Waals surface area contributed by atoms with Crippen LogP contribution in [0.2, 0.25) is 0 Å². The minimum atomic E-state index is 0.424. The van der Waals surface area contributed by atoms with Crippen LogP contribution in [0.1, 0.15) is 35.0 Å². The zero-order valence-corrected chi connectivity index (χ0v) is 12.6. The number of halogens is 1. The van der Waals surface area contributed by atoms with Crippen molar-refractivity contribution in [3.8, 4) is 0 Å². The molecular weight excluding hydrogens is 308 g/mol. The molecule has 1 aliphatic rings. The van der Waals surface area contributed by atoms with Crippen LogP contribution < -0.4 is 5.32 Å².